The number of carbonyl (C=O) groups is 1. The van der Waals surface area contributed by atoms with Crippen LogP contribution in [-0.4, -0.2) is 73.7 Å². The van der Waals surface area contributed by atoms with Crippen molar-refractivity contribution >= 4 is 5.91 Å². The Hall–Kier alpha value is -0.650. The summed E-state index contributed by atoms with van der Waals surface area (Å²) in [6.07, 6.45) is -0.0249. The van der Waals surface area contributed by atoms with Crippen molar-refractivity contribution in [3.05, 3.63) is 0 Å². The number of hydrogen-bond donors (Lipinski definition) is 1. The minimum atomic E-state index is -0.172. The zero-order valence-corrected chi connectivity index (χ0v) is 11.0. The molecule has 2 rings (SSSR count). The average Bonchev–Trinajstić information content (AvgIpc) is 2.29. The zero-order chi connectivity index (χ0) is 12.4. The zero-order valence-electron chi connectivity index (χ0n) is 11.0. The van der Waals surface area contributed by atoms with E-state index in [0.717, 1.165) is 26.2 Å². The third kappa shape index (κ3) is 2.78. The van der Waals surface area contributed by atoms with Crippen molar-refractivity contribution in [2.24, 2.45) is 0 Å². The summed E-state index contributed by atoms with van der Waals surface area (Å²) in [5, 5.41) is 3.27. The van der Waals surface area contributed by atoms with Crippen LogP contribution in [0, 0.1) is 0 Å². The molecule has 0 aromatic carbocycles. The fourth-order valence-electron chi connectivity index (χ4n) is 2.66. The maximum atomic E-state index is 12.4. The first-order valence-corrected chi connectivity index (χ1v) is 6.43. The molecule has 2 aliphatic rings. The molecule has 5 nitrogen and oxygen atoms in total. The smallest absolute Gasteiger partial charge is 0.242 e. The van der Waals surface area contributed by atoms with Crippen molar-refractivity contribution in [3.8, 4) is 0 Å². The number of likely N-dealkylation sites (N-methyl/N-ethyl adjacent to an activating group) is 1. The Labute approximate surface area is 103 Å². The van der Waals surface area contributed by atoms with Crippen LogP contribution in [0.15, 0.2) is 0 Å². The van der Waals surface area contributed by atoms with E-state index in [1.807, 2.05) is 11.8 Å². The highest BCUT2D eigenvalue weighted by molar-refractivity contribution is 5.83. The molecule has 98 valence electrons. The molecule has 3 atom stereocenters. The highest BCUT2D eigenvalue weighted by Gasteiger charge is 2.35. The van der Waals surface area contributed by atoms with Crippen molar-refractivity contribution in [1.82, 2.24) is 15.1 Å². The Morgan fingerprint density at radius 2 is 2.12 bits per heavy atom. The lowest BCUT2D eigenvalue weighted by atomic mass is 10.1. The number of nitrogens with one attached hydrogen (secondary N) is 1. The normalized spacial score (nSPS) is 35.9. The van der Waals surface area contributed by atoms with Crippen LogP contribution >= 0.6 is 0 Å². The van der Waals surface area contributed by atoms with Crippen molar-refractivity contribution < 1.29 is 9.53 Å². The number of piperazine rings is 1. The van der Waals surface area contributed by atoms with Gasteiger partial charge in [-0.1, -0.05) is 0 Å². The molecule has 0 aliphatic carbocycles. The summed E-state index contributed by atoms with van der Waals surface area (Å²) in [6.45, 7) is 8.27. The van der Waals surface area contributed by atoms with E-state index in [1.165, 1.54) is 0 Å². The van der Waals surface area contributed by atoms with Gasteiger partial charge in [0.2, 0.25) is 5.91 Å². The van der Waals surface area contributed by atoms with Crippen LogP contribution in [0.25, 0.3) is 0 Å². The molecule has 2 saturated heterocycles. The SMILES string of the molecule is CC1CN(C)CCN1C(=O)[C@H]1NCCO[C@@H]1C. The highest BCUT2D eigenvalue weighted by Crippen LogP contribution is 2.13. The summed E-state index contributed by atoms with van der Waals surface area (Å²) in [5.41, 5.74) is 0. The predicted molar refractivity (Wildman–Crippen MR) is 65.9 cm³/mol. The molecular formula is C12H23N3O2. The Kier molecular flexibility index (Phi) is 4.01. The van der Waals surface area contributed by atoms with Gasteiger partial charge in [-0.2, -0.15) is 0 Å². The second kappa shape index (κ2) is 5.33. The van der Waals surface area contributed by atoms with Gasteiger partial charge in [-0.25, -0.2) is 0 Å². The molecule has 1 unspecified atom stereocenters. The van der Waals surface area contributed by atoms with Gasteiger partial charge in [0.25, 0.3) is 0 Å². The molecule has 2 aliphatic heterocycles. The van der Waals surface area contributed by atoms with E-state index in [0.29, 0.717) is 6.61 Å². The third-order valence-electron chi connectivity index (χ3n) is 3.70. The minimum absolute atomic E-state index is 0.0249. The quantitative estimate of drug-likeness (QED) is 0.674. The second-order valence-corrected chi connectivity index (χ2v) is 5.15. The van der Waals surface area contributed by atoms with Crippen LogP contribution < -0.4 is 5.32 Å². The van der Waals surface area contributed by atoms with Crippen molar-refractivity contribution in [1.29, 1.82) is 0 Å². The van der Waals surface area contributed by atoms with Crippen LogP contribution in [-0.2, 0) is 9.53 Å². The first-order valence-electron chi connectivity index (χ1n) is 6.43. The maximum absolute atomic E-state index is 12.4. The van der Waals surface area contributed by atoms with Gasteiger partial charge in [0.05, 0.1) is 12.7 Å². The number of rotatable bonds is 1. The summed E-state index contributed by atoms with van der Waals surface area (Å²) in [6, 6.07) is 0.117. The molecular weight excluding hydrogens is 218 g/mol. The average molecular weight is 241 g/mol. The molecule has 2 heterocycles. The molecule has 0 aromatic heterocycles. The molecule has 0 bridgehead atoms. The van der Waals surface area contributed by atoms with E-state index in [4.69, 9.17) is 4.74 Å². The van der Waals surface area contributed by atoms with Crippen LogP contribution in [0.3, 0.4) is 0 Å². The molecule has 17 heavy (non-hydrogen) atoms. The van der Waals surface area contributed by atoms with Gasteiger partial charge in [0.1, 0.15) is 6.04 Å². The molecule has 0 spiro atoms. The van der Waals surface area contributed by atoms with Crippen LogP contribution in [0.4, 0.5) is 0 Å². The Bertz CT molecular complexity index is 285. The van der Waals surface area contributed by atoms with E-state index in [1.54, 1.807) is 0 Å². The van der Waals surface area contributed by atoms with Crippen LogP contribution in [0.1, 0.15) is 13.8 Å². The predicted octanol–water partition coefficient (Wildman–Crippen LogP) is -0.474. The van der Waals surface area contributed by atoms with E-state index in [-0.39, 0.29) is 24.1 Å². The number of amides is 1. The first-order chi connectivity index (χ1) is 8.09. The van der Waals surface area contributed by atoms with Gasteiger partial charge in [0, 0.05) is 32.2 Å². The van der Waals surface area contributed by atoms with E-state index in [2.05, 4.69) is 24.2 Å². The number of nitrogens with zero attached hydrogens (tertiary/aromatic N) is 2. The summed E-state index contributed by atoms with van der Waals surface area (Å²) in [7, 11) is 2.10. The van der Waals surface area contributed by atoms with Crippen LogP contribution in [0.2, 0.25) is 0 Å². The van der Waals surface area contributed by atoms with E-state index in [9.17, 15) is 4.79 Å². The molecule has 2 fully saturated rings. The first kappa shape index (κ1) is 12.8. The van der Waals surface area contributed by atoms with Gasteiger partial charge < -0.3 is 19.9 Å². The minimum Gasteiger partial charge on any atom is -0.375 e. The number of hydrogen-bond acceptors (Lipinski definition) is 4. The lowest BCUT2D eigenvalue weighted by Gasteiger charge is -2.41. The van der Waals surface area contributed by atoms with Gasteiger partial charge in [0.15, 0.2) is 0 Å². The summed E-state index contributed by atoms with van der Waals surface area (Å²) >= 11 is 0. The number of carbonyl (C=O) groups excluding carboxylic acids is 1. The molecule has 0 radical (unpaired) electrons. The molecule has 0 saturated carbocycles. The van der Waals surface area contributed by atoms with Gasteiger partial charge in [-0.05, 0) is 20.9 Å². The molecule has 0 aromatic rings. The third-order valence-corrected chi connectivity index (χ3v) is 3.70. The fourth-order valence-corrected chi connectivity index (χ4v) is 2.66. The molecule has 1 N–H and O–H groups in total. The van der Waals surface area contributed by atoms with E-state index >= 15 is 0 Å². The fraction of sp³-hybridized carbons (Fsp3) is 0.917. The monoisotopic (exact) mass is 241 g/mol. The lowest BCUT2D eigenvalue weighted by Crippen LogP contribution is -2.61. The van der Waals surface area contributed by atoms with Crippen molar-refractivity contribution in [2.75, 3.05) is 39.8 Å². The van der Waals surface area contributed by atoms with Crippen LogP contribution in [0.5, 0.6) is 0 Å². The summed E-state index contributed by atoms with van der Waals surface area (Å²) in [5.74, 6) is 0.192. The van der Waals surface area contributed by atoms with Gasteiger partial charge >= 0.3 is 0 Å². The Balaban J connectivity index is 1.98. The maximum Gasteiger partial charge on any atom is 0.242 e. The molecule has 1 amide bonds. The standard InChI is InChI=1S/C12H23N3O2/c1-9-8-14(3)5-6-15(9)12(16)11-10(2)17-7-4-13-11/h9-11,13H,4-8H2,1-3H3/t9?,10-,11+/m1/s1. The number of morpholine rings is 1. The van der Waals surface area contributed by atoms with Crippen molar-refractivity contribution in [3.63, 3.8) is 0 Å². The largest absolute Gasteiger partial charge is 0.375 e. The van der Waals surface area contributed by atoms with Gasteiger partial charge in [-0.15, -0.1) is 0 Å². The number of ether oxygens (including phenoxy) is 1. The molecule has 5 heteroatoms. The second-order valence-electron chi connectivity index (χ2n) is 5.15. The van der Waals surface area contributed by atoms with Gasteiger partial charge in [-0.3, -0.25) is 4.79 Å². The summed E-state index contributed by atoms with van der Waals surface area (Å²) in [4.78, 5) is 16.7. The highest BCUT2D eigenvalue weighted by atomic mass is 16.5. The topological polar surface area (TPSA) is 44.8 Å². The lowest BCUT2D eigenvalue weighted by molar-refractivity contribution is -0.143. The van der Waals surface area contributed by atoms with Crippen molar-refractivity contribution in [2.45, 2.75) is 32.0 Å². The Morgan fingerprint density at radius 3 is 2.76 bits per heavy atom. The van der Waals surface area contributed by atoms with E-state index < -0.39 is 0 Å². The summed E-state index contributed by atoms with van der Waals surface area (Å²) < 4.78 is 5.54. The Morgan fingerprint density at radius 1 is 1.35 bits per heavy atom.